The van der Waals surface area contributed by atoms with Gasteiger partial charge in [-0.2, -0.15) is 5.26 Å². The summed E-state index contributed by atoms with van der Waals surface area (Å²) < 4.78 is 1.71. The Balaban J connectivity index is 2.43. The highest BCUT2D eigenvalue weighted by molar-refractivity contribution is 6.36. The van der Waals surface area contributed by atoms with Gasteiger partial charge in [-0.3, -0.25) is 4.79 Å². The second-order valence-electron chi connectivity index (χ2n) is 5.15. The minimum atomic E-state index is -0.532. The van der Waals surface area contributed by atoms with Gasteiger partial charge < -0.3 is 10.3 Å². The first-order chi connectivity index (χ1) is 10.9. The third-order valence-electron chi connectivity index (χ3n) is 3.73. The van der Waals surface area contributed by atoms with E-state index in [-0.39, 0.29) is 0 Å². The molecule has 1 amide bonds. The Labute approximate surface area is 142 Å². The van der Waals surface area contributed by atoms with E-state index in [9.17, 15) is 10.1 Å². The Morgan fingerprint density at radius 3 is 2.52 bits per heavy atom. The van der Waals surface area contributed by atoms with E-state index in [1.807, 2.05) is 0 Å². The van der Waals surface area contributed by atoms with Gasteiger partial charge in [0.1, 0.15) is 5.69 Å². The van der Waals surface area contributed by atoms with Crippen molar-refractivity contribution in [3.8, 4) is 17.2 Å². The van der Waals surface area contributed by atoms with Gasteiger partial charge in [0.15, 0.2) is 0 Å². The van der Waals surface area contributed by atoms with Crippen molar-refractivity contribution in [3.05, 3.63) is 57.7 Å². The van der Waals surface area contributed by atoms with Crippen molar-refractivity contribution in [2.24, 2.45) is 12.8 Å². The second kappa shape index (κ2) is 5.62. The summed E-state index contributed by atoms with van der Waals surface area (Å²) in [6, 6.07) is 12.4. The molecule has 0 saturated heterocycles. The van der Waals surface area contributed by atoms with Crippen LogP contribution in [0.4, 0.5) is 0 Å². The lowest BCUT2D eigenvalue weighted by molar-refractivity contribution is 0.0993. The predicted octanol–water partition coefficient (Wildman–Crippen LogP) is 4.12. The van der Waals surface area contributed by atoms with Crippen molar-refractivity contribution in [3.63, 3.8) is 0 Å². The molecule has 23 heavy (non-hydrogen) atoms. The zero-order valence-corrected chi connectivity index (χ0v) is 13.6. The molecule has 2 aromatic carbocycles. The molecule has 0 aliphatic carbocycles. The minimum absolute atomic E-state index is 0.362. The van der Waals surface area contributed by atoms with E-state index >= 15 is 0 Å². The zero-order chi connectivity index (χ0) is 16.7. The molecule has 0 aliphatic heterocycles. The molecule has 3 rings (SSSR count). The number of benzene rings is 2. The number of aromatic nitrogens is 1. The Hall–Kier alpha value is -2.48. The van der Waals surface area contributed by atoms with Gasteiger partial charge in [0, 0.05) is 33.6 Å². The molecule has 2 N–H and O–H groups in total. The van der Waals surface area contributed by atoms with Gasteiger partial charge in [-0.15, -0.1) is 0 Å². The fourth-order valence-corrected chi connectivity index (χ4v) is 3.23. The molecule has 0 fully saturated rings. The van der Waals surface area contributed by atoms with Gasteiger partial charge >= 0.3 is 0 Å². The number of hydrogen-bond donors (Lipinski definition) is 1. The SMILES string of the molecule is Cn1c(C(N)=O)cc2cc(C#N)cc(-c3ccc(Cl)cc3Cl)c21. The Morgan fingerprint density at radius 1 is 1.17 bits per heavy atom. The average Bonchev–Trinajstić information content (AvgIpc) is 2.84. The van der Waals surface area contributed by atoms with E-state index < -0.39 is 5.91 Å². The van der Waals surface area contributed by atoms with Crippen molar-refractivity contribution in [1.29, 1.82) is 5.26 Å². The van der Waals surface area contributed by atoms with Crippen LogP contribution in [0.15, 0.2) is 36.4 Å². The third-order valence-corrected chi connectivity index (χ3v) is 4.28. The fraction of sp³-hybridized carbons (Fsp3) is 0.0588. The van der Waals surface area contributed by atoms with Gasteiger partial charge in [-0.05, 0) is 30.3 Å². The molecule has 0 spiro atoms. The average molecular weight is 344 g/mol. The molecule has 0 aliphatic rings. The summed E-state index contributed by atoms with van der Waals surface area (Å²) in [5.41, 5.74) is 8.51. The topological polar surface area (TPSA) is 71.8 Å². The van der Waals surface area contributed by atoms with Crippen molar-refractivity contribution in [1.82, 2.24) is 4.57 Å². The first kappa shape index (κ1) is 15.4. The van der Waals surface area contributed by atoms with E-state index in [2.05, 4.69) is 6.07 Å². The number of primary amides is 1. The standard InChI is InChI=1S/C17H11Cl2N3O/c1-22-15(17(21)23)6-10-4-9(8-20)5-13(16(10)22)12-3-2-11(18)7-14(12)19/h2-7H,1H3,(H2,21,23). The van der Waals surface area contributed by atoms with Gasteiger partial charge in [-0.1, -0.05) is 29.3 Å². The number of nitriles is 1. The Bertz CT molecular complexity index is 999. The molecule has 3 aromatic rings. The smallest absolute Gasteiger partial charge is 0.265 e. The lowest BCUT2D eigenvalue weighted by atomic mass is 10.00. The van der Waals surface area contributed by atoms with E-state index in [0.29, 0.717) is 21.3 Å². The van der Waals surface area contributed by atoms with Crippen LogP contribution in [0.1, 0.15) is 16.1 Å². The van der Waals surface area contributed by atoms with Crippen LogP contribution >= 0.6 is 23.2 Å². The van der Waals surface area contributed by atoms with Crippen LogP contribution in [0.3, 0.4) is 0 Å². The zero-order valence-electron chi connectivity index (χ0n) is 12.1. The number of halogens is 2. The molecule has 114 valence electrons. The van der Waals surface area contributed by atoms with Crippen LogP contribution < -0.4 is 5.73 Å². The highest BCUT2D eigenvalue weighted by atomic mass is 35.5. The molecule has 4 nitrogen and oxygen atoms in total. The number of nitrogens with two attached hydrogens (primary N) is 1. The first-order valence-electron chi connectivity index (χ1n) is 6.71. The first-order valence-corrected chi connectivity index (χ1v) is 7.46. The minimum Gasteiger partial charge on any atom is -0.364 e. The number of carbonyl (C=O) groups is 1. The van der Waals surface area contributed by atoms with Crippen molar-refractivity contribution >= 4 is 40.0 Å². The van der Waals surface area contributed by atoms with Crippen LogP contribution in [0.5, 0.6) is 0 Å². The fourth-order valence-electron chi connectivity index (χ4n) is 2.72. The summed E-state index contributed by atoms with van der Waals surface area (Å²) in [5, 5.41) is 11.0. The molecular weight excluding hydrogens is 333 g/mol. The van der Waals surface area contributed by atoms with E-state index in [0.717, 1.165) is 22.0 Å². The lowest BCUT2D eigenvalue weighted by Gasteiger charge is -2.10. The summed E-state index contributed by atoms with van der Waals surface area (Å²) in [5.74, 6) is -0.532. The predicted molar refractivity (Wildman–Crippen MR) is 91.6 cm³/mol. The number of rotatable bonds is 2. The number of aryl methyl sites for hydroxylation is 1. The summed E-state index contributed by atoms with van der Waals surface area (Å²) in [6.45, 7) is 0. The van der Waals surface area contributed by atoms with Crippen LogP contribution in [0.2, 0.25) is 10.0 Å². The summed E-state index contributed by atoms with van der Waals surface area (Å²) >= 11 is 12.3. The Morgan fingerprint density at radius 2 is 1.91 bits per heavy atom. The van der Waals surface area contributed by atoms with Gasteiger partial charge in [0.05, 0.1) is 17.1 Å². The van der Waals surface area contributed by atoms with Gasteiger partial charge in [0.25, 0.3) is 5.91 Å². The maximum Gasteiger partial charge on any atom is 0.265 e. The van der Waals surface area contributed by atoms with E-state index in [4.69, 9.17) is 28.9 Å². The summed E-state index contributed by atoms with van der Waals surface area (Å²) in [7, 11) is 1.75. The van der Waals surface area contributed by atoms with E-state index in [1.54, 1.807) is 48.0 Å². The second-order valence-corrected chi connectivity index (χ2v) is 5.99. The van der Waals surface area contributed by atoms with Crippen LogP contribution in [-0.2, 0) is 7.05 Å². The van der Waals surface area contributed by atoms with Crippen LogP contribution in [-0.4, -0.2) is 10.5 Å². The highest BCUT2D eigenvalue weighted by Crippen LogP contribution is 2.36. The highest BCUT2D eigenvalue weighted by Gasteiger charge is 2.17. The number of amides is 1. The number of nitrogens with zero attached hydrogens (tertiary/aromatic N) is 2. The summed E-state index contributed by atoms with van der Waals surface area (Å²) in [6.07, 6.45) is 0. The van der Waals surface area contributed by atoms with Crippen molar-refractivity contribution < 1.29 is 4.79 Å². The molecule has 6 heteroatoms. The molecule has 0 unspecified atom stereocenters. The molecule has 0 radical (unpaired) electrons. The molecule has 0 bridgehead atoms. The molecular formula is C17H11Cl2N3O. The molecule has 1 aromatic heterocycles. The van der Waals surface area contributed by atoms with Crippen molar-refractivity contribution in [2.45, 2.75) is 0 Å². The van der Waals surface area contributed by atoms with Gasteiger partial charge in [0.2, 0.25) is 0 Å². The normalized spacial score (nSPS) is 10.7. The monoisotopic (exact) mass is 343 g/mol. The maximum atomic E-state index is 11.6. The molecule has 0 atom stereocenters. The van der Waals surface area contributed by atoms with Crippen LogP contribution in [0.25, 0.3) is 22.0 Å². The van der Waals surface area contributed by atoms with E-state index in [1.165, 1.54) is 0 Å². The lowest BCUT2D eigenvalue weighted by Crippen LogP contribution is -2.15. The number of fused-ring (bicyclic) bond motifs is 1. The Kier molecular flexibility index (Phi) is 3.77. The molecule has 1 heterocycles. The largest absolute Gasteiger partial charge is 0.364 e. The third kappa shape index (κ3) is 2.55. The van der Waals surface area contributed by atoms with Gasteiger partial charge in [-0.25, -0.2) is 0 Å². The van der Waals surface area contributed by atoms with Crippen molar-refractivity contribution in [2.75, 3.05) is 0 Å². The number of hydrogen-bond acceptors (Lipinski definition) is 2. The molecule has 0 saturated carbocycles. The quantitative estimate of drug-likeness (QED) is 0.759. The number of carbonyl (C=O) groups excluding carboxylic acids is 1. The van der Waals surface area contributed by atoms with Crippen LogP contribution in [0, 0.1) is 11.3 Å². The maximum absolute atomic E-state index is 11.6. The summed E-state index contributed by atoms with van der Waals surface area (Å²) in [4.78, 5) is 11.6.